The Hall–Kier alpha value is -1.69. The SMILES string of the molecule is C=CCCCC(/C(Br)=N/OC(=O)OCC)c1ccc(F)cc1. The summed E-state index contributed by atoms with van der Waals surface area (Å²) in [5.41, 5.74) is 0.883. The van der Waals surface area contributed by atoms with Gasteiger partial charge in [-0.2, -0.15) is 0 Å². The fraction of sp³-hybridized carbons (Fsp3) is 0.375. The van der Waals surface area contributed by atoms with Crippen LogP contribution in [0.4, 0.5) is 9.18 Å². The number of allylic oxidation sites excluding steroid dienone is 1. The van der Waals surface area contributed by atoms with Gasteiger partial charge in [0.25, 0.3) is 0 Å². The van der Waals surface area contributed by atoms with Gasteiger partial charge < -0.3 is 4.74 Å². The van der Waals surface area contributed by atoms with E-state index < -0.39 is 6.16 Å². The first-order chi connectivity index (χ1) is 10.6. The van der Waals surface area contributed by atoms with E-state index in [0.717, 1.165) is 24.8 Å². The van der Waals surface area contributed by atoms with Crippen LogP contribution in [-0.4, -0.2) is 17.4 Å². The molecule has 1 atom stereocenters. The van der Waals surface area contributed by atoms with Crippen LogP contribution in [0.3, 0.4) is 0 Å². The van der Waals surface area contributed by atoms with Crippen molar-refractivity contribution in [2.75, 3.05) is 6.61 Å². The van der Waals surface area contributed by atoms with Crippen molar-refractivity contribution in [2.24, 2.45) is 5.16 Å². The first-order valence-electron chi connectivity index (χ1n) is 7.02. The Balaban J connectivity index is 2.83. The summed E-state index contributed by atoms with van der Waals surface area (Å²) in [5.74, 6) is -0.431. The van der Waals surface area contributed by atoms with Gasteiger partial charge in [-0.05, 0) is 59.8 Å². The summed E-state index contributed by atoms with van der Waals surface area (Å²) >= 11 is 3.33. The van der Waals surface area contributed by atoms with E-state index in [0.29, 0.717) is 4.62 Å². The quantitative estimate of drug-likeness (QED) is 0.158. The van der Waals surface area contributed by atoms with Crippen LogP contribution in [-0.2, 0) is 9.57 Å². The van der Waals surface area contributed by atoms with Crippen molar-refractivity contribution in [1.29, 1.82) is 0 Å². The van der Waals surface area contributed by atoms with Crippen LogP contribution >= 0.6 is 15.9 Å². The number of rotatable bonds is 8. The van der Waals surface area contributed by atoms with Crippen LogP contribution in [0.2, 0.25) is 0 Å². The molecule has 0 fully saturated rings. The zero-order chi connectivity index (χ0) is 16.4. The molecule has 0 heterocycles. The number of carbonyl (C=O) groups excluding carboxylic acids is 1. The van der Waals surface area contributed by atoms with Gasteiger partial charge in [0.2, 0.25) is 0 Å². The van der Waals surface area contributed by atoms with E-state index in [1.807, 2.05) is 6.08 Å². The van der Waals surface area contributed by atoms with E-state index in [4.69, 9.17) is 0 Å². The second-order valence-corrected chi connectivity index (χ2v) is 5.32. The van der Waals surface area contributed by atoms with E-state index in [9.17, 15) is 9.18 Å². The number of ether oxygens (including phenoxy) is 1. The van der Waals surface area contributed by atoms with Crippen LogP contribution in [0.1, 0.15) is 37.7 Å². The van der Waals surface area contributed by atoms with Crippen LogP contribution in [0, 0.1) is 5.82 Å². The highest BCUT2D eigenvalue weighted by molar-refractivity contribution is 9.18. The Morgan fingerprint density at radius 2 is 2.14 bits per heavy atom. The lowest BCUT2D eigenvalue weighted by atomic mass is 9.94. The monoisotopic (exact) mass is 371 g/mol. The summed E-state index contributed by atoms with van der Waals surface area (Å²) in [6, 6.07) is 6.16. The fourth-order valence-electron chi connectivity index (χ4n) is 1.87. The van der Waals surface area contributed by atoms with Gasteiger partial charge in [-0.25, -0.2) is 9.18 Å². The Kier molecular flexibility index (Phi) is 8.43. The second-order valence-electron chi connectivity index (χ2n) is 4.51. The van der Waals surface area contributed by atoms with Crippen LogP contribution in [0.25, 0.3) is 0 Å². The predicted molar refractivity (Wildman–Crippen MR) is 87.7 cm³/mol. The number of hydrogen-bond acceptors (Lipinski definition) is 4. The average Bonchev–Trinajstić information content (AvgIpc) is 2.51. The molecule has 22 heavy (non-hydrogen) atoms. The molecule has 0 aromatic heterocycles. The van der Waals surface area contributed by atoms with E-state index >= 15 is 0 Å². The smallest absolute Gasteiger partial charge is 0.433 e. The average molecular weight is 372 g/mol. The van der Waals surface area contributed by atoms with Crippen molar-refractivity contribution in [3.8, 4) is 0 Å². The minimum atomic E-state index is -0.858. The predicted octanol–water partition coefficient (Wildman–Crippen LogP) is 5.15. The van der Waals surface area contributed by atoms with E-state index in [1.54, 1.807) is 19.1 Å². The van der Waals surface area contributed by atoms with Gasteiger partial charge in [0.1, 0.15) is 10.4 Å². The fourth-order valence-corrected chi connectivity index (χ4v) is 2.44. The van der Waals surface area contributed by atoms with Crippen molar-refractivity contribution >= 4 is 26.7 Å². The van der Waals surface area contributed by atoms with E-state index in [2.05, 4.69) is 37.2 Å². The van der Waals surface area contributed by atoms with Crippen LogP contribution < -0.4 is 0 Å². The summed E-state index contributed by atoms with van der Waals surface area (Å²) in [6.07, 6.45) is 3.48. The standard InChI is InChI=1S/C16H19BrFNO3/c1-3-5-6-7-14(12-8-10-13(18)11-9-12)15(17)19-22-16(20)21-4-2/h3,8-11,14H,1,4-7H2,2H3/b19-15-. The first kappa shape index (κ1) is 18.4. The number of nitrogens with zero attached hydrogens (tertiary/aromatic N) is 1. The Morgan fingerprint density at radius 1 is 1.45 bits per heavy atom. The third-order valence-electron chi connectivity index (χ3n) is 2.93. The minimum absolute atomic E-state index is 0.130. The Morgan fingerprint density at radius 3 is 2.73 bits per heavy atom. The molecule has 0 N–H and O–H groups in total. The molecule has 0 saturated carbocycles. The maximum Gasteiger partial charge on any atom is 0.535 e. The molecular formula is C16H19BrFNO3. The maximum atomic E-state index is 13.1. The highest BCUT2D eigenvalue weighted by atomic mass is 79.9. The molecule has 4 nitrogen and oxygen atoms in total. The number of halogens is 2. The molecule has 0 aliphatic carbocycles. The van der Waals surface area contributed by atoms with Gasteiger partial charge in [0, 0.05) is 5.92 Å². The Labute approximate surface area is 138 Å². The lowest BCUT2D eigenvalue weighted by Gasteiger charge is -2.15. The Bertz CT molecular complexity index is 517. The second kappa shape index (κ2) is 10.1. The van der Waals surface area contributed by atoms with Gasteiger partial charge in [0.05, 0.1) is 6.61 Å². The zero-order valence-corrected chi connectivity index (χ0v) is 14.0. The van der Waals surface area contributed by atoms with Gasteiger partial charge in [-0.15, -0.1) is 6.58 Å². The molecule has 1 aromatic carbocycles. The third kappa shape index (κ3) is 6.39. The highest BCUT2D eigenvalue weighted by Gasteiger charge is 2.18. The molecule has 0 radical (unpaired) electrons. The molecule has 1 unspecified atom stereocenters. The number of benzene rings is 1. The van der Waals surface area contributed by atoms with Crippen molar-refractivity contribution in [3.63, 3.8) is 0 Å². The minimum Gasteiger partial charge on any atom is -0.433 e. The summed E-state index contributed by atoms with van der Waals surface area (Å²) in [6.45, 7) is 5.58. The van der Waals surface area contributed by atoms with Gasteiger partial charge in [-0.1, -0.05) is 23.4 Å². The lowest BCUT2D eigenvalue weighted by Crippen LogP contribution is -2.10. The van der Waals surface area contributed by atoms with E-state index in [1.165, 1.54) is 12.1 Å². The first-order valence-corrected chi connectivity index (χ1v) is 7.81. The molecule has 0 bridgehead atoms. The number of oxime groups is 1. The molecule has 0 saturated heterocycles. The number of carbonyl (C=O) groups is 1. The lowest BCUT2D eigenvalue weighted by molar-refractivity contribution is 0.0614. The third-order valence-corrected chi connectivity index (χ3v) is 3.63. The molecule has 120 valence electrons. The van der Waals surface area contributed by atoms with Crippen LogP contribution in [0.15, 0.2) is 42.1 Å². The van der Waals surface area contributed by atoms with Crippen molar-refractivity contribution in [2.45, 2.75) is 32.1 Å². The molecule has 0 aliphatic heterocycles. The van der Waals surface area contributed by atoms with Gasteiger partial charge in [-0.3, -0.25) is 4.84 Å². The number of hydrogen-bond donors (Lipinski definition) is 0. The van der Waals surface area contributed by atoms with E-state index in [-0.39, 0.29) is 18.3 Å². The molecule has 1 rings (SSSR count). The molecule has 0 spiro atoms. The van der Waals surface area contributed by atoms with Crippen molar-refractivity contribution in [1.82, 2.24) is 0 Å². The highest BCUT2D eigenvalue weighted by Crippen LogP contribution is 2.27. The van der Waals surface area contributed by atoms with Gasteiger partial charge in [0.15, 0.2) is 0 Å². The molecule has 1 aromatic rings. The summed E-state index contributed by atoms with van der Waals surface area (Å²) < 4.78 is 18.2. The maximum absolute atomic E-state index is 13.1. The normalized spacial score (nSPS) is 12.6. The molecule has 6 heteroatoms. The van der Waals surface area contributed by atoms with Gasteiger partial charge >= 0.3 is 6.16 Å². The zero-order valence-electron chi connectivity index (χ0n) is 12.4. The van der Waals surface area contributed by atoms with Crippen molar-refractivity contribution in [3.05, 3.63) is 48.3 Å². The topological polar surface area (TPSA) is 47.9 Å². The summed E-state index contributed by atoms with van der Waals surface area (Å²) in [7, 11) is 0. The molecular weight excluding hydrogens is 353 g/mol. The van der Waals surface area contributed by atoms with Crippen LogP contribution in [0.5, 0.6) is 0 Å². The molecule has 0 amide bonds. The largest absolute Gasteiger partial charge is 0.535 e. The summed E-state index contributed by atoms with van der Waals surface area (Å²) in [4.78, 5) is 15.8. The van der Waals surface area contributed by atoms with Crippen molar-refractivity contribution < 1.29 is 18.8 Å². The summed E-state index contributed by atoms with van der Waals surface area (Å²) in [5, 5.41) is 3.76. The molecule has 0 aliphatic rings. The number of unbranched alkanes of at least 4 members (excludes halogenated alkanes) is 1.